The molecule has 0 bridgehead atoms. The predicted octanol–water partition coefficient (Wildman–Crippen LogP) is 4.13. The van der Waals surface area contributed by atoms with Gasteiger partial charge in [-0.25, -0.2) is 0 Å². The van der Waals surface area contributed by atoms with E-state index in [0.717, 1.165) is 35.5 Å². The summed E-state index contributed by atoms with van der Waals surface area (Å²) in [6.07, 6.45) is 1.47. The number of thioether (sulfide) groups is 1. The Balaban J connectivity index is 1.50. The molecule has 0 saturated carbocycles. The molecule has 1 heterocycles. The van der Waals surface area contributed by atoms with Crippen molar-refractivity contribution in [3.8, 4) is 0 Å². The van der Waals surface area contributed by atoms with Crippen molar-refractivity contribution in [2.24, 2.45) is 0 Å². The fraction of sp³-hybridized carbons (Fsp3) is 0.348. The van der Waals surface area contributed by atoms with Crippen LogP contribution in [0.2, 0.25) is 0 Å². The van der Waals surface area contributed by atoms with Crippen LogP contribution in [0.3, 0.4) is 0 Å². The van der Waals surface area contributed by atoms with Gasteiger partial charge < -0.3 is 15.5 Å². The van der Waals surface area contributed by atoms with Gasteiger partial charge in [0.1, 0.15) is 0 Å². The molecule has 1 aliphatic heterocycles. The predicted molar refractivity (Wildman–Crippen MR) is 123 cm³/mol. The van der Waals surface area contributed by atoms with E-state index in [2.05, 4.69) is 10.6 Å². The minimum atomic E-state index is -0.381. The fourth-order valence-corrected chi connectivity index (χ4v) is 3.98. The van der Waals surface area contributed by atoms with E-state index in [1.165, 1.54) is 11.8 Å². The molecule has 2 N–H and O–H groups in total. The maximum Gasteiger partial charge on any atom is 0.237 e. The first-order chi connectivity index (χ1) is 14.3. The minimum Gasteiger partial charge on any atom is -0.325 e. The molecule has 0 aliphatic carbocycles. The van der Waals surface area contributed by atoms with Gasteiger partial charge in [0.05, 0.1) is 11.0 Å². The zero-order valence-corrected chi connectivity index (χ0v) is 18.3. The summed E-state index contributed by atoms with van der Waals surface area (Å²) in [6, 6.07) is 13.2. The molecule has 30 heavy (non-hydrogen) atoms. The molecule has 6 nitrogen and oxygen atoms in total. The zero-order valence-electron chi connectivity index (χ0n) is 17.5. The molecule has 158 valence electrons. The van der Waals surface area contributed by atoms with Crippen LogP contribution in [0.15, 0.2) is 42.5 Å². The van der Waals surface area contributed by atoms with Gasteiger partial charge in [-0.1, -0.05) is 17.7 Å². The lowest BCUT2D eigenvalue weighted by Gasteiger charge is -2.19. The molecule has 1 unspecified atom stereocenters. The summed E-state index contributed by atoms with van der Waals surface area (Å²) in [5, 5.41) is 5.35. The second kappa shape index (κ2) is 9.80. The van der Waals surface area contributed by atoms with E-state index >= 15 is 0 Å². The maximum absolute atomic E-state index is 12.5. The summed E-state index contributed by atoms with van der Waals surface area (Å²) in [5.74, 6) is 0.0349. The van der Waals surface area contributed by atoms with E-state index in [1.807, 2.05) is 56.3 Å². The Morgan fingerprint density at radius 3 is 2.40 bits per heavy atom. The highest BCUT2D eigenvalue weighted by Crippen LogP contribution is 2.27. The quantitative estimate of drug-likeness (QED) is 0.699. The monoisotopic (exact) mass is 425 g/mol. The van der Waals surface area contributed by atoms with Crippen molar-refractivity contribution in [2.45, 2.75) is 38.9 Å². The van der Waals surface area contributed by atoms with Crippen LogP contribution in [0.4, 0.5) is 17.1 Å². The van der Waals surface area contributed by atoms with E-state index in [0.29, 0.717) is 12.1 Å². The fourth-order valence-electron chi connectivity index (χ4n) is 3.29. The summed E-state index contributed by atoms with van der Waals surface area (Å²) >= 11 is 1.29. The molecular formula is C23H27N3O3S. The van der Waals surface area contributed by atoms with Gasteiger partial charge in [0.15, 0.2) is 0 Å². The Hall–Kier alpha value is -2.80. The van der Waals surface area contributed by atoms with Crippen molar-refractivity contribution in [1.29, 1.82) is 0 Å². The van der Waals surface area contributed by atoms with Crippen molar-refractivity contribution in [1.82, 2.24) is 0 Å². The summed E-state index contributed by atoms with van der Waals surface area (Å²) in [4.78, 5) is 38.4. The lowest BCUT2D eigenvalue weighted by atomic mass is 10.1. The van der Waals surface area contributed by atoms with Crippen LogP contribution in [0, 0.1) is 13.8 Å². The third kappa shape index (κ3) is 5.63. The summed E-state index contributed by atoms with van der Waals surface area (Å²) in [5.41, 5.74) is 4.40. The molecule has 0 spiro atoms. The first-order valence-corrected chi connectivity index (χ1v) is 11.1. The third-order valence-corrected chi connectivity index (χ3v) is 6.14. The number of hydrogen-bond donors (Lipinski definition) is 2. The van der Waals surface area contributed by atoms with Crippen LogP contribution in [0.25, 0.3) is 0 Å². The smallest absolute Gasteiger partial charge is 0.237 e. The highest BCUT2D eigenvalue weighted by atomic mass is 32.2. The van der Waals surface area contributed by atoms with Gasteiger partial charge in [0.2, 0.25) is 17.7 Å². The van der Waals surface area contributed by atoms with Gasteiger partial charge in [-0.15, -0.1) is 11.8 Å². The lowest BCUT2D eigenvalue weighted by Crippen LogP contribution is -2.26. The minimum absolute atomic E-state index is 0.140. The van der Waals surface area contributed by atoms with Crippen molar-refractivity contribution >= 4 is 46.5 Å². The number of rotatable bonds is 7. The molecule has 1 saturated heterocycles. The van der Waals surface area contributed by atoms with E-state index in [-0.39, 0.29) is 28.7 Å². The van der Waals surface area contributed by atoms with Gasteiger partial charge in [-0.3, -0.25) is 14.4 Å². The first-order valence-electron chi connectivity index (χ1n) is 10.0. The SMILES string of the molecule is Cc1ccc(NC(=O)CSC(C)C(=O)Nc2ccc(N3CCCC3=O)c(C)c2)cc1. The molecular weight excluding hydrogens is 398 g/mol. The largest absolute Gasteiger partial charge is 0.325 e. The summed E-state index contributed by atoms with van der Waals surface area (Å²) in [6.45, 7) is 6.44. The number of nitrogens with zero attached hydrogens (tertiary/aromatic N) is 1. The topological polar surface area (TPSA) is 78.5 Å². The van der Waals surface area contributed by atoms with Gasteiger partial charge in [-0.2, -0.15) is 0 Å². The molecule has 2 aromatic rings. The van der Waals surface area contributed by atoms with Crippen molar-refractivity contribution in [3.05, 3.63) is 53.6 Å². The number of carbonyl (C=O) groups excluding carboxylic acids is 3. The van der Waals surface area contributed by atoms with E-state index < -0.39 is 0 Å². The van der Waals surface area contributed by atoms with Crippen LogP contribution in [-0.2, 0) is 14.4 Å². The molecule has 0 radical (unpaired) electrons. The number of aryl methyl sites for hydroxylation is 2. The van der Waals surface area contributed by atoms with Crippen LogP contribution < -0.4 is 15.5 Å². The second-order valence-electron chi connectivity index (χ2n) is 7.51. The van der Waals surface area contributed by atoms with Gasteiger partial charge in [-0.05, 0) is 63.1 Å². The standard InChI is InChI=1S/C23H27N3O3S/c1-15-6-8-18(9-7-15)24-21(27)14-30-17(3)23(29)25-19-10-11-20(16(2)13-19)26-12-4-5-22(26)28/h6-11,13,17H,4-5,12,14H2,1-3H3,(H,24,27)(H,25,29). The Morgan fingerprint density at radius 1 is 1.07 bits per heavy atom. The average Bonchev–Trinajstić information content (AvgIpc) is 3.13. The third-order valence-electron chi connectivity index (χ3n) is 5.00. The van der Waals surface area contributed by atoms with Crippen molar-refractivity contribution in [3.63, 3.8) is 0 Å². The first kappa shape index (κ1) is 21.9. The molecule has 2 aromatic carbocycles. The normalized spacial score (nSPS) is 14.5. The number of benzene rings is 2. The van der Waals surface area contributed by atoms with Crippen LogP contribution >= 0.6 is 11.8 Å². The van der Waals surface area contributed by atoms with Crippen LogP contribution in [-0.4, -0.2) is 35.3 Å². The molecule has 3 rings (SSSR count). The maximum atomic E-state index is 12.5. The number of anilines is 3. The van der Waals surface area contributed by atoms with E-state index in [9.17, 15) is 14.4 Å². The van der Waals surface area contributed by atoms with Crippen molar-refractivity contribution < 1.29 is 14.4 Å². The zero-order chi connectivity index (χ0) is 21.7. The highest BCUT2D eigenvalue weighted by molar-refractivity contribution is 8.01. The van der Waals surface area contributed by atoms with E-state index in [1.54, 1.807) is 11.8 Å². The molecule has 0 aromatic heterocycles. The molecule has 3 amide bonds. The number of carbonyl (C=O) groups is 3. The summed E-state index contributed by atoms with van der Waals surface area (Å²) in [7, 11) is 0. The average molecular weight is 426 g/mol. The number of nitrogens with one attached hydrogen (secondary N) is 2. The van der Waals surface area contributed by atoms with Crippen molar-refractivity contribution in [2.75, 3.05) is 27.8 Å². The Morgan fingerprint density at radius 2 is 1.77 bits per heavy atom. The van der Waals surface area contributed by atoms with Gasteiger partial charge >= 0.3 is 0 Å². The lowest BCUT2D eigenvalue weighted by molar-refractivity contribution is -0.117. The van der Waals surface area contributed by atoms with Crippen LogP contribution in [0.1, 0.15) is 30.9 Å². The number of amides is 3. The Kier molecular flexibility index (Phi) is 7.15. The highest BCUT2D eigenvalue weighted by Gasteiger charge is 2.23. The molecule has 1 atom stereocenters. The van der Waals surface area contributed by atoms with Crippen LogP contribution in [0.5, 0.6) is 0 Å². The molecule has 1 aliphatic rings. The second-order valence-corrected chi connectivity index (χ2v) is 8.84. The van der Waals surface area contributed by atoms with E-state index in [4.69, 9.17) is 0 Å². The molecule has 7 heteroatoms. The van der Waals surface area contributed by atoms with Gasteiger partial charge in [0, 0.05) is 30.0 Å². The Bertz CT molecular complexity index is 943. The number of hydrogen-bond acceptors (Lipinski definition) is 4. The summed E-state index contributed by atoms with van der Waals surface area (Å²) < 4.78 is 0. The van der Waals surface area contributed by atoms with Gasteiger partial charge in [0.25, 0.3) is 0 Å². The Labute approximate surface area is 181 Å². The molecule has 1 fully saturated rings.